The van der Waals surface area contributed by atoms with Gasteiger partial charge in [0.1, 0.15) is 0 Å². The summed E-state index contributed by atoms with van der Waals surface area (Å²) in [5.74, 6) is -1.23. The SMILES string of the molecule is Nc1cccc(SC(F)(F)C(=O)NC2CC2)c1. The maximum absolute atomic E-state index is 13.5. The number of anilines is 1. The van der Waals surface area contributed by atoms with Crippen LogP contribution in [0.3, 0.4) is 0 Å². The van der Waals surface area contributed by atoms with Gasteiger partial charge in [0, 0.05) is 16.6 Å². The Morgan fingerprint density at radius 2 is 2.18 bits per heavy atom. The Hall–Kier alpha value is -1.30. The Labute approximate surface area is 102 Å². The van der Waals surface area contributed by atoms with Crippen LogP contribution in [0.5, 0.6) is 0 Å². The molecule has 0 bridgehead atoms. The molecule has 0 radical (unpaired) electrons. The fraction of sp³-hybridized carbons (Fsp3) is 0.364. The summed E-state index contributed by atoms with van der Waals surface area (Å²) in [6, 6.07) is 6.02. The van der Waals surface area contributed by atoms with E-state index in [9.17, 15) is 13.6 Å². The van der Waals surface area contributed by atoms with Crippen molar-refractivity contribution < 1.29 is 13.6 Å². The second kappa shape index (κ2) is 4.52. The Bertz CT molecular complexity index is 435. The molecule has 1 fully saturated rings. The number of carbonyl (C=O) groups is 1. The van der Waals surface area contributed by atoms with E-state index in [1.165, 1.54) is 12.1 Å². The topological polar surface area (TPSA) is 55.1 Å². The van der Waals surface area contributed by atoms with E-state index in [1.54, 1.807) is 12.1 Å². The molecule has 3 nitrogen and oxygen atoms in total. The number of amides is 1. The molecule has 0 heterocycles. The van der Waals surface area contributed by atoms with Gasteiger partial charge in [-0.25, -0.2) is 0 Å². The summed E-state index contributed by atoms with van der Waals surface area (Å²) >= 11 is 0.213. The van der Waals surface area contributed by atoms with Crippen molar-refractivity contribution >= 4 is 23.4 Å². The molecule has 1 aromatic rings. The summed E-state index contributed by atoms with van der Waals surface area (Å²) in [5, 5.41) is -1.17. The maximum atomic E-state index is 13.5. The quantitative estimate of drug-likeness (QED) is 0.643. The van der Waals surface area contributed by atoms with Gasteiger partial charge in [0.2, 0.25) is 0 Å². The molecule has 92 valence electrons. The Balaban J connectivity index is 2.02. The van der Waals surface area contributed by atoms with Crippen LogP contribution in [0.4, 0.5) is 14.5 Å². The average Bonchev–Trinajstić information content (AvgIpc) is 3.00. The zero-order valence-electron chi connectivity index (χ0n) is 8.95. The number of carbonyl (C=O) groups excluding carboxylic acids is 1. The lowest BCUT2D eigenvalue weighted by molar-refractivity contribution is -0.135. The highest BCUT2D eigenvalue weighted by Crippen LogP contribution is 2.37. The number of alkyl halides is 2. The van der Waals surface area contributed by atoms with Crippen LogP contribution in [0.15, 0.2) is 29.2 Å². The van der Waals surface area contributed by atoms with Crippen LogP contribution >= 0.6 is 11.8 Å². The fourth-order valence-electron chi connectivity index (χ4n) is 1.27. The van der Waals surface area contributed by atoms with Gasteiger partial charge in [-0.05, 0) is 42.8 Å². The van der Waals surface area contributed by atoms with Crippen LogP contribution in [-0.2, 0) is 4.79 Å². The summed E-state index contributed by atoms with van der Waals surface area (Å²) in [6.45, 7) is 0. The Morgan fingerprint density at radius 1 is 1.47 bits per heavy atom. The number of benzene rings is 1. The fourth-order valence-corrected chi connectivity index (χ4v) is 2.06. The summed E-state index contributed by atoms with van der Waals surface area (Å²) < 4.78 is 27.1. The van der Waals surface area contributed by atoms with E-state index in [4.69, 9.17) is 5.73 Å². The van der Waals surface area contributed by atoms with Crippen LogP contribution in [0.1, 0.15) is 12.8 Å². The molecular formula is C11H12F2N2OS. The number of rotatable bonds is 4. The van der Waals surface area contributed by atoms with Crippen LogP contribution in [0, 0.1) is 0 Å². The van der Waals surface area contributed by atoms with Crippen molar-refractivity contribution in [2.24, 2.45) is 0 Å². The molecule has 0 spiro atoms. The van der Waals surface area contributed by atoms with Crippen LogP contribution in [-0.4, -0.2) is 17.2 Å². The van der Waals surface area contributed by atoms with E-state index in [0.29, 0.717) is 5.69 Å². The zero-order chi connectivity index (χ0) is 12.5. The van der Waals surface area contributed by atoms with Gasteiger partial charge in [0.15, 0.2) is 0 Å². The van der Waals surface area contributed by atoms with Crippen molar-refractivity contribution in [2.45, 2.75) is 29.0 Å². The third-order valence-corrected chi connectivity index (χ3v) is 3.21. The minimum atomic E-state index is -3.46. The third kappa shape index (κ3) is 3.33. The zero-order valence-corrected chi connectivity index (χ0v) is 9.77. The maximum Gasteiger partial charge on any atom is 0.374 e. The van der Waals surface area contributed by atoms with Gasteiger partial charge in [-0.3, -0.25) is 4.79 Å². The molecule has 0 atom stereocenters. The molecule has 1 aliphatic carbocycles. The van der Waals surface area contributed by atoms with Crippen LogP contribution in [0.2, 0.25) is 0 Å². The number of halogens is 2. The minimum Gasteiger partial charge on any atom is -0.399 e. The summed E-state index contributed by atoms with van der Waals surface area (Å²) in [6.07, 6.45) is 1.57. The largest absolute Gasteiger partial charge is 0.399 e. The van der Waals surface area contributed by atoms with Gasteiger partial charge in [0.25, 0.3) is 0 Å². The molecule has 0 aliphatic heterocycles. The second-order valence-electron chi connectivity index (χ2n) is 3.94. The first kappa shape index (κ1) is 12.2. The van der Waals surface area contributed by atoms with E-state index >= 15 is 0 Å². The first-order chi connectivity index (χ1) is 7.97. The Morgan fingerprint density at radius 3 is 2.76 bits per heavy atom. The van der Waals surface area contributed by atoms with E-state index in [2.05, 4.69) is 5.32 Å². The molecule has 17 heavy (non-hydrogen) atoms. The van der Waals surface area contributed by atoms with Gasteiger partial charge >= 0.3 is 11.2 Å². The summed E-state index contributed by atoms with van der Waals surface area (Å²) in [4.78, 5) is 11.6. The van der Waals surface area contributed by atoms with Gasteiger partial charge in [-0.1, -0.05) is 6.07 Å². The highest BCUT2D eigenvalue weighted by atomic mass is 32.2. The number of nitrogen functional groups attached to an aromatic ring is 1. The molecule has 2 rings (SSSR count). The molecule has 1 aromatic carbocycles. The molecule has 0 aromatic heterocycles. The van der Waals surface area contributed by atoms with Gasteiger partial charge in [0.05, 0.1) is 0 Å². The highest BCUT2D eigenvalue weighted by molar-refractivity contribution is 8.01. The van der Waals surface area contributed by atoms with Gasteiger partial charge in [-0.15, -0.1) is 0 Å². The molecule has 0 unspecified atom stereocenters. The van der Waals surface area contributed by atoms with Crippen molar-refractivity contribution in [1.82, 2.24) is 5.32 Å². The lowest BCUT2D eigenvalue weighted by Crippen LogP contribution is -2.38. The average molecular weight is 258 g/mol. The van der Waals surface area contributed by atoms with E-state index in [-0.39, 0.29) is 22.7 Å². The number of nitrogens with one attached hydrogen (secondary N) is 1. The molecule has 0 saturated heterocycles. The predicted molar refractivity (Wildman–Crippen MR) is 62.8 cm³/mol. The number of nitrogens with two attached hydrogens (primary N) is 1. The normalized spacial score (nSPS) is 15.6. The van der Waals surface area contributed by atoms with Gasteiger partial charge < -0.3 is 11.1 Å². The first-order valence-electron chi connectivity index (χ1n) is 5.21. The molecule has 1 aliphatic rings. The number of hydrogen-bond donors (Lipinski definition) is 2. The standard InChI is InChI=1S/C11H12F2N2OS/c12-11(13,10(16)15-8-4-5-8)17-9-3-1-2-7(14)6-9/h1-3,6,8H,4-5,14H2,(H,15,16). The third-order valence-electron chi connectivity index (χ3n) is 2.28. The van der Waals surface area contributed by atoms with Crippen molar-refractivity contribution in [3.8, 4) is 0 Å². The van der Waals surface area contributed by atoms with Crippen LogP contribution in [0.25, 0.3) is 0 Å². The van der Waals surface area contributed by atoms with Gasteiger partial charge in [-0.2, -0.15) is 8.78 Å². The molecule has 1 saturated carbocycles. The predicted octanol–water partition coefficient (Wildman–Crippen LogP) is 2.23. The molecule has 1 amide bonds. The number of thioether (sulfide) groups is 1. The smallest absolute Gasteiger partial charge is 0.374 e. The van der Waals surface area contributed by atoms with Crippen molar-refractivity contribution in [3.63, 3.8) is 0 Å². The van der Waals surface area contributed by atoms with Crippen molar-refractivity contribution in [1.29, 1.82) is 0 Å². The van der Waals surface area contributed by atoms with Crippen LogP contribution < -0.4 is 11.1 Å². The lowest BCUT2D eigenvalue weighted by atomic mass is 10.3. The highest BCUT2D eigenvalue weighted by Gasteiger charge is 2.42. The Kier molecular flexibility index (Phi) is 3.24. The second-order valence-corrected chi connectivity index (χ2v) is 5.13. The van der Waals surface area contributed by atoms with E-state index in [1.807, 2.05) is 0 Å². The molecule has 3 N–H and O–H groups in total. The van der Waals surface area contributed by atoms with E-state index < -0.39 is 11.2 Å². The van der Waals surface area contributed by atoms with Crippen molar-refractivity contribution in [2.75, 3.05) is 5.73 Å². The molecule has 6 heteroatoms. The first-order valence-corrected chi connectivity index (χ1v) is 6.02. The van der Waals surface area contributed by atoms with Crippen molar-refractivity contribution in [3.05, 3.63) is 24.3 Å². The summed E-state index contributed by atoms with van der Waals surface area (Å²) in [5.41, 5.74) is 5.88. The monoisotopic (exact) mass is 258 g/mol. The van der Waals surface area contributed by atoms with E-state index in [0.717, 1.165) is 12.8 Å². The lowest BCUT2D eigenvalue weighted by Gasteiger charge is -2.15. The number of hydrogen-bond acceptors (Lipinski definition) is 3. The summed E-state index contributed by atoms with van der Waals surface area (Å²) in [7, 11) is 0. The minimum absolute atomic E-state index is 0.0742. The molecular weight excluding hydrogens is 246 g/mol.